The number of aromatic nitrogens is 1. The van der Waals surface area contributed by atoms with Crippen LogP contribution in [-0.2, 0) is 21.4 Å². The van der Waals surface area contributed by atoms with E-state index in [0.29, 0.717) is 11.4 Å². The van der Waals surface area contributed by atoms with Crippen molar-refractivity contribution in [1.29, 1.82) is 5.41 Å². The Morgan fingerprint density at radius 2 is 1.70 bits per heavy atom. The maximum atomic E-state index is 10.5. The molecular weight excluding hydrogens is 384 g/mol. The zero-order chi connectivity index (χ0) is 20.2. The summed E-state index contributed by atoms with van der Waals surface area (Å²) in [5, 5.41) is 7.94. The minimum absolute atomic E-state index is 0.0666. The van der Waals surface area contributed by atoms with Crippen LogP contribution in [0.25, 0.3) is 10.2 Å². The molecule has 0 radical (unpaired) electrons. The van der Waals surface area contributed by atoms with E-state index in [2.05, 4.69) is 26.0 Å². The van der Waals surface area contributed by atoms with Crippen LogP contribution in [0, 0.1) is 26.2 Å². The second kappa shape index (κ2) is 8.79. The number of hydrogen-bond acceptors (Lipinski definition) is 5. The Kier molecular flexibility index (Phi) is 6.94. The number of nitrogens with one attached hydrogen (secondary N) is 1. The van der Waals surface area contributed by atoms with E-state index in [-0.39, 0.29) is 4.90 Å². The summed E-state index contributed by atoms with van der Waals surface area (Å²) < 4.78 is 37.8. The standard InChI is InChI=1S/C12H16N2OS.C7H8O3S/c1-8-6-10-11(7-9(8)2)16-12(13)14(10)4-5-15-3;1-6-2-4-7(5-3-6)11(8,9)10/h6-7,13H,4-5H2,1-3H3;2-5H,1H3,(H,8,9,10). The van der Waals surface area contributed by atoms with Crippen molar-refractivity contribution in [3.05, 3.63) is 57.9 Å². The summed E-state index contributed by atoms with van der Waals surface area (Å²) in [5.74, 6) is 0. The first-order chi connectivity index (χ1) is 12.6. The average molecular weight is 409 g/mol. The number of rotatable bonds is 4. The lowest BCUT2D eigenvalue weighted by atomic mass is 10.1. The highest BCUT2D eigenvalue weighted by Crippen LogP contribution is 2.21. The van der Waals surface area contributed by atoms with Gasteiger partial charge in [-0.3, -0.25) is 9.96 Å². The van der Waals surface area contributed by atoms with Gasteiger partial charge in [0.05, 0.1) is 21.7 Å². The van der Waals surface area contributed by atoms with Gasteiger partial charge in [0.25, 0.3) is 10.1 Å². The molecule has 0 aliphatic carbocycles. The summed E-state index contributed by atoms with van der Waals surface area (Å²) in [6, 6.07) is 10.3. The van der Waals surface area contributed by atoms with Crippen LogP contribution in [0.2, 0.25) is 0 Å². The summed E-state index contributed by atoms with van der Waals surface area (Å²) in [4.78, 5) is 0.528. The first-order valence-electron chi connectivity index (χ1n) is 8.31. The number of fused-ring (bicyclic) bond motifs is 1. The Hall–Kier alpha value is -2.00. The maximum Gasteiger partial charge on any atom is 0.294 e. The molecule has 2 aromatic carbocycles. The molecule has 8 heteroatoms. The molecule has 146 valence electrons. The Morgan fingerprint density at radius 1 is 1.11 bits per heavy atom. The van der Waals surface area contributed by atoms with Crippen molar-refractivity contribution in [2.24, 2.45) is 0 Å². The second-order valence-corrected chi connectivity index (χ2v) is 8.70. The van der Waals surface area contributed by atoms with Crippen LogP contribution in [0.15, 0.2) is 41.3 Å². The first-order valence-corrected chi connectivity index (χ1v) is 10.6. The highest BCUT2D eigenvalue weighted by molar-refractivity contribution is 7.85. The number of methoxy groups -OCH3 is 1. The summed E-state index contributed by atoms with van der Waals surface area (Å²) in [5.41, 5.74) is 4.66. The third-order valence-corrected chi connectivity index (χ3v) is 5.98. The largest absolute Gasteiger partial charge is 0.383 e. The number of hydrogen-bond donors (Lipinski definition) is 2. The third-order valence-electron chi connectivity index (χ3n) is 4.16. The molecule has 6 nitrogen and oxygen atoms in total. The van der Waals surface area contributed by atoms with Crippen LogP contribution in [-0.4, -0.2) is 31.3 Å². The molecule has 0 saturated heterocycles. The van der Waals surface area contributed by atoms with E-state index in [1.807, 2.05) is 11.5 Å². The van der Waals surface area contributed by atoms with E-state index in [9.17, 15) is 8.42 Å². The van der Waals surface area contributed by atoms with E-state index < -0.39 is 10.1 Å². The van der Waals surface area contributed by atoms with Crippen molar-refractivity contribution in [2.45, 2.75) is 32.2 Å². The normalized spacial score (nSPS) is 11.3. The minimum atomic E-state index is -4.02. The molecule has 3 rings (SSSR count). The predicted octanol–water partition coefficient (Wildman–Crippen LogP) is 3.69. The van der Waals surface area contributed by atoms with Crippen LogP contribution >= 0.6 is 11.3 Å². The summed E-state index contributed by atoms with van der Waals surface area (Å²) in [6.07, 6.45) is 0. The van der Waals surface area contributed by atoms with Crippen LogP contribution in [0.5, 0.6) is 0 Å². The van der Waals surface area contributed by atoms with E-state index in [1.54, 1.807) is 19.2 Å². The highest BCUT2D eigenvalue weighted by atomic mass is 32.2. The van der Waals surface area contributed by atoms with Gasteiger partial charge in [-0.05, 0) is 56.2 Å². The van der Waals surface area contributed by atoms with Crippen LogP contribution in [0.4, 0.5) is 0 Å². The maximum absolute atomic E-state index is 10.5. The smallest absolute Gasteiger partial charge is 0.294 e. The molecule has 0 bridgehead atoms. The van der Waals surface area contributed by atoms with Gasteiger partial charge < -0.3 is 9.30 Å². The molecule has 0 unspecified atom stereocenters. The number of aryl methyl sites for hydroxylation is 3. The van der Waals surface area contributed by atoms with Gasteiger partial charge in [-0.1, -0.05) is 29.0 Å². The highest BCUT2D eigenvalue weighted by Gasteiger charge is 2.07. The van der Waals surface area contributed by atoms with Gasteiger partial charge in [-0.25, -0.2) is 0 Å². The molecule has 3 aromatic rings. The molecule has 0 aliphatic rings. The van der Waals surface area contributed by atoms with E-state index in [1.165, 1.54) is 39.3 Å². The number of thiazole rings is 1. The molecule has 0 atom stereocenters. The third kappa shape index (κ3) is 5.49. The fourth-order valence-corrected chi connectivity index (χ4v) is 3.95. The number of nitrogens with zero attached hydrogens (tertiary/aromatic N) is 1. The van der Waals surface area contributed by atoms with Crippen molar-refractivity contribution in [2.75, 3.05) is 13.7 Å². The van der Waals surface area contributed by atoms with E-state index >= 15 is 0 Å². The van der Waals surface area contributed by atoms with Gasteiger partial charge in [-0.15, -0.1) is 0 Å². The van der Waals surface area contributed by atoms with E-state index in [0.717, 1.165) is 17.6 Å². The van der Waals surface area contributed by atoms with Gasteiger partial charge in [0.2, 0.25) is 0 Å². The lowest BCUT2D eigenvalue weighted by Gasteiger charge is -2.05. The lowest BCUT2D eigenvalue weighted by Crippen LogP contribution is -2.16. The van der Waals surface area contributed by atoms with Crippen molar-refractivity contribution >= 4 is 31.7 Å². The van der Waals surface area contributed by atoms with Crippen LogP contribution in [0.1, 0.15) is 16.7 Å². The predicted molar refractivity (Wildman–Crippen MR) is 108 cm³/mol. The summed E-state index contributed by atoms with van der Waals surface area (Å²) >= 11 is 1.53. The zero-order valence-corrected chi connectivity index (χ0v) is 17.4. The molecule has 0 aliphatic heterocycles. The fourth-order valence-electron chi connectivity index (χ4n) is 2.45. The van der Waals surface area contributed by atoms with Gasteiger partial charge >= 0.3 is 0 Å². The Balaban J connectivity index is 0.000000208. The average Bonchev–Trinajstić information content (AvgIpc) is 2.88. The van der Waals surface area contributed by atoms with Gasteiger partial charge in [-0.2, -0.15) is 8.42 Å². The van der Waals surface area contributed by atoms with E-state index in [4.69, 9.17) is 14.7 Å². The second-order valence-electron chi connectivity index (χ2n) is 6.24. The van der Waals surface area contributed by atoms with Crippen molar-refractivity contribution < 1.29 is 17.7 Å². The quantitative estimate of drug-likeness (QED) is 0.644. The van der Waals surface area contributed by atoms with Crippen molar-refractivity contribution in [3.8, 4) is 0 Å². The van der Waals surface area contributed by atoms with Gasteiger partial charge in [0, 0.05) is 13.7 Å². The van der Waals surface area contributed by atoms with Crippen LogP contribution in [0.3, 0.4) is 0 Å². The molecular formula is C19H24N2O4S2. The van der Waals surface area contributed by atoms with Gasteiger partial charge in [0.1, 0.15) is 0 Å². The molecule has 27 heavy (non-hydrogen) atoms. The lowest BCUT2D eigenvalue weighted by molar-refractivity contribution is 0.187. The Morgan fingerprint density at radius 3 is 2.26 bits per heavy atom. The SMILES string of the molecule is COCCn1c(=N)sc2cc(C)c(C)cc21.Cc1ccc(S(=O)(=O)O)cc1. The Labute approximate surface area is 163 Å². The van der Waals surface area contributed by atoms with Crippen molar-refractivity contribution in [3.63, 3.8) is 0 Å². The number of ether oxygens (including phenoxy) is 1. The molecule has 0 spiro atoms. The molecule has 1 aromatic heterocycles. The first kappa shape index (κ1) is 21.3. The van der Waals surface area contributed by atoms with Crippen molar-refractivity contribution in [1.82, 2.24) is 4.57 Å². The summed E-state index contributed by atoms with van der Waals surface area (Å²) in [6.45, 7) is 7.45. The Bertz CT molecular complexity index is 1080. The fraction of sp³-hybridized carbons (Fsp3) is 0.316. The molecule has 1 heterocycles. The molecule has 0 saturated carbocycles. The number of benzene rings is 2. The zero-order valence-electron chi connectivity index (χ0n) is 15.8. The van der Waals surface area contributed by atoms with Crippen LogP contribution < -0.4 is 4.80 Å². The molecule has 2 N–H and O–H groups in total. The topological polar surface area (TPSA) is 92.4 Å². The minimum Gasteiger partial charge on any atom is -0.383 e. The summed E-state index contributed by atoms with van der Waals surface area (Å²) in [7, 11) is -2.33. The monoisotopic (exact) mass is 408 g/mol. The van der Waals surface area contributed by atoms with Gasteiger partial charge in [0.15, 0.2) is 4.80 Å². The molecule has 0 fully saturated rings. The molecule has 0 amide bonds.